The molecular weight excluding hydrogens is 266 g/mol. The number of nitrogens with zero attached hydrogens (tertiary/aromatic N) is 3. The lowest BCUT2D eigenvalue weighted by Crippen LogP contribution is -2.02. The summed E-state index contributed by atoms with van der Waals surface area (Å²) >= 11 is 0. The molecule has 0 saturated heterocycles. The standard InChI is InChI=1S/C12H13N3O5/c1-3-7-11(15(18)19)8(4-2)14(13-7)10-6-5-9(20-10)12(16)17/h5-6H,3-4H2,1-2H3,(H,16,17). The minimum absolute atomic E-state index is 0.0386. The smallest absolute Gasteiger partial charge is 0.371 e. The van der Waals surface area contributed by atoms with Gasteiger partial charge in [-0.15, -0.1) is 0 Å². The molecule has 8 heteroatoms. The molecule has 2 aromatic heterocycles. The topological polar surface area (TPSA) is 111 Å². The van der Waals surface area contributed by atoms with Crippen LogP contribution in [0.4, 0.5) is 5.69 Å². The fraction of sp³-hybridized carbons (Fsp3) is 0.333. The second kappa shape index (κ2) is 5.16. The number of aryl methyl sites for hydroxylation is 1. The third-order valence-corrected chi connectivity index (χ3v) is 2.89. The fourth-order valence-electron chi connectivity index (χ4n) is 2.00. The van der Waals surface area contributed by atoms with Crippen molar-refractivity contribution in [2.45, 2.75) is 26.7 Å². The van der Waals surface area contributed by atoms with Crippen LogP contribution in [-0.4, -0.2) is 25.8 Å². The van der Waals surface area contributed by atoms with E-state index in [-0.39, 0.29) is 17.3 Å². The Hall–Kier alpha value is -2.64. The van der Waals surface area contributed by atoms with Gasteiger partial charge in [0.05, 0.1) is 4.92 Å². The van der Waals surface area contributed by atoms with Crippen LogP contribution in [-0.2, 0) is 12.8 Å². The van der Waals surface area contributed by atoms with Crippen LogP contribution < -0.4 is 0 Å². The van der Waals surface area contributed by atoms with Crippen molar-refractivity contribution < 1.29 is 19.2 Å². The fourth-order valence-corrected chi connectivity index (χ4v) is 2.00. The molecule has 0 aliphatic heterocycles. The van der Waals surface area contributed by atoms with Gasteiger partial charge in [-0.3, -0.25) is 10.1 Å². The number of carboxylic acids is 1. The summed E-state index contributed by atoms with van der Waals surface area (Å²) in [6, 6.07) is 2.72. The van der Waals surface area contributed by atoms with Crippen molar-refractivity contribution in [3.05, 3.63) is 39.4 Å². The molecule has 106 valence electrons. The first-order valence-corrected chi connectivity index (χ1v) is 6.08. The molecular formula is C12H13N3O5. The van der Waals surface area contributed by atoms with E-state index in [1.54, 1.807) is 13.8 Å². The molecule has 0 spiro atoms. The normalized spacial score (nSPS) is 10.7. The first-order chi connectivity index (χ1) is 9.49. The van der Waals surface area contributed by atoms with Crippen molar-refractivity contribution in [1.29, 1.82) is 0 Å². The maximum atomic E-state index is 11.1. The quantitative estimate of drug-likeness (QED) is 0.663. The predicted octanol–water partition coefficient (Wildman–Crippen LogP) is 2.20. The summed E-state index contributed by atoms with van der Waals surface area (Å²) in [6.07, 6.45) is 0.787. The summed E-state index contributed by atoms with van der Waals surface area (Å²) in [4.78, 5) is 21.5. The Kier molecular flexibility index (Phi) is 3.55. The summed E-state index contributed by atoms with van der Waals surface area (Å²) in [5, 5.41) is 24.1. The largest absolute Gasteiger partial charge is 0.475 e. The van der Waals surface area contributed by atoms with Gasteiger partial charge in [-0.05, 0) is 18.9 Å². The number of carbonyl (C=O) groups is 1. The first-order valence-electron chi connectivity index (χ1n) is 6.08. The lowest BCUT2D eigenvalue weighted by molar-refractivity contribution is -0.386. The minimum atomic E-state index is -1.20. The molecule has 0 radical (unpaired) electrons. The summed E-state index contributed by atoms with van der Waals surface area (Å²) in [5.41, 5.74) is 0.696. The van der Waals surface area contributed by atoms with Gasteiger partial charge in [0.1, 0.15) is 11.4 Å². The number of hydrogen-bond acceptors (Lipinski definition) is 5. The monoisotopic (exact) mass is 279 g/mol. The van der Waals surface area contributed by atoms with E-state index >= 15 is 0 Å². The van der Waals surface area contributed by atoms with Crippen molar-refractivity contribution in [3.63, 3.8) is 0 Å². The molecule has 2 heterocycles. The van der Waals surface area contributed by atoms with Gasteiger partial charge < -0.3 is 9.52 Å². The zero-order valence-corrected chi connectivity index (χ0v) is 11.0. The van der Waals surface area contributed by atoms with Gasteiger partial charge in [-0.25, -0.2) is 4.79 Å². The molecule has 2 aromatic rings. The van der Waals surface area contributed by atoms with E-state index in [1.807, 2.05) is 0 Å². The first kappa shape index (κ1) is 13.8. The van der Waals surface area contributed by atoms with E-state index in [0.29, 0.717) is 24.2 Å². The Balaban J connectivity index is 2.61. The highest BCUT2D eigenvalue weighted by atomic mass is 16.6. The van der Waals surface area contributed by atoms with Crippen LogP contribution in [0.5, 0.6) is 0 Å². The van der Waals surface area contributed by atoms with Gasteiger partial charge in [-0.2, -0.15) is 9.78 Å². The average molecular weight is 279 g/mol. The lowest BCUT2D eigenvalue weighted by atomic mass is 10.2. The van der Waals surface area contributed by atoms with Crippen LogP contribution in [0.25, 0.3) is 5.88 Å². The summed E-state index contributed by atoms with van der Waals surface area (Å²) < 4.78 is 6.44. The maximum absolute atomic E-state index is 11.1. The van der Waals surface area contributed by atoms with Crippen LogP contribution in [0.1, 0.15) is 35.8 Å². The average Bonchev–Trinajstić information content (AvgIpc) is 3.01. The number of rotatable bonds is 5. The SMILES string of the molecule is CCc1nn(-c2ccc(C(=O)O)o2)c(CC)c1[N+](=O)[O-]. The molecule has 8 nitrogen and oxygen atoms in total. The molecule has 0 saturated carbocycles. The van der Waals surface area contributed by atoms with Gasteiger partial charge in [0.25, 0.3) is 0 Å². The van der Waals surface area contributed by atoms with Crippen LogP contribution >= 0.6 is 0 Å². The van der Waals surface area contributed by atoms with E-state index in [2.05, 4.69) is 5.10 Å². The number of carboxylic acid groups (broad SMARTS) is 1. The van der Waals surface area contributed by atoms with Crippen LogP contribution in [0.3, 0.4) is 0 Å². The van der Waals surface area contributed by atoms with E-state index < -0.39 is 10.9 Å². The van der Waals surface area contributed by atoms with Gasteiger partial charge in [-0.1, -0.05) is 13.8 Å². The molecule has 0 unspecified atom stereocenters. The van der Waals surface area contributed by atoms with Crippen LogP contribution in [0, 0.1) is 10.1 Å². The van der Waals surface area contributed by atoms with Crippen molar-refractivity contribution in [1.82, 2.24) is 9.78 Å². The molecule has 0 bridgehead atoms. The van der Waals surface area contributed by atoms with Gasteiger partial charge >= 0.3 is 11.7 Å². The Bertz CT molecular complexity index is 671. The third-order valence-electron chi connectivity index (χ3n) is 2.89. The van der Waals surface area contributed by atoms with Gasteiger partial charge in [0.2, 0.25) is 11.6 Å². The van der Waals surface area contributed by atoms with E-state index in [0.717, 1.165) is 0 Å². The van der Waals surface area contributed by atoms with Gasteiger partial charge in [0, 0.05) is 6.07 Å². The molecule has 2 rings (SSSR count). The van der Waals surface area contributed by atoms with E-state index in [1.165, 1.54) is 16.8 Å². The summed E-state index contributed by atoms with van der Waals surface area (Å²) in [6.45, 7) is 3.53. The van der Waals surface area contributed by atoms with Gasteiger partial charge in [0.15, 0.2) is 0 Å². The minimum Gasteiger partial charge on any atom is -0.475 e. The number of aromatic nitrogens is 2. The Morgan fingerprint density at radius 1 is 1.45 bits per heavy atom. The predicted molar refractivity (Wildman–Crippen MR) is 68.2 cm³/mol. The number of hydrogen-bond donors (Lipinski definition) is 1. The second-order valence-electron chi connectivity index (χ2n) is 4.06. The van der Waals surface area contributed by atoms with Crippen molar-refractivity contribution in [3.8, 4) is 5.88 Å². The number of nitro groups is 1. The van der Waals surface area contributed by atoms with E-state index in [4.69, 9.17) is 9.52 Å². The number of aromatic carboxylic acids is 1. The van der Waals surface area contributed by atoms with Crippen molar-refractivity contribution in [2.75, 3.05) is 0 Å². The highest BCUT2D eigenvalue weighted by Crippen LogP contribution is 2.27. The summed E-state index contributed by atoms with van der Waals surface area (Å²) in [7, 11) is 0. The molecule has 0 atom stereocenters. The van der Waals surface area contributed by atoms with Crippen molar-refractivity contribution in [2.24, 2.45) is 0 Å². The van der Waals surface area contributed by atoms with Crippen LogP contribution in [0.2, 0.25) is 0 Å². The summed E-state index contributed by atoms with van der Waals surface area (Å²) in [5.74, 6) is -1.29. The lowest BCUT2D eigenvalue weighted by Gasteiger charge is -2.00. The van der Waals surface area contributed by atoms with Crippen LogP contribution in [0.15, 0.2) is 16.5 Å². The molecule has 0 aliphatic rings. The zero-order chi connectivity index (χ0) is 14.9. The third kappa shape index (κ3) is 2.15. The molecule has 0 aromatic carbocycles. The highest BCUT2D eigenvalue weighted by molar-refractivity contribution is 5.84. The molecule has 0 aliphatic carbocycles. The Labute approximate surface area is 113 Å². The second-order valence-corrected chi connectivity index (χ2v) is 4.06. The zero-order valence-electron chi connectivity index (χ0n) is 11.0. The molecule has 0 fully saturated rings. The molecule has 0 amide bonds. The highest BCUT2D eigenvalue weighted by Gasteiger charge is 2.27. The molecule has 1 N–H and O–H groups in total. The number of furan rings is 1. The molecule has 20 heavy (non-hydrogen) atoms. The maximum Gasteiger partial charge on any atom is 0.371 e. The Morgan fingerprint density at radius 2 is 2.15 bits per heavy atom. The Morgan fingerprint density at radius 3 is 2.60 bits per heavy atom. The van der Waals surface area contributed by atoms with E-state index in [9.17, 15) is 14.9 Å². The van der Waals surface area contributed by atoms with Crippen molar-refractivity contribution >= 4 is 11.7 Å².